The summed E-state index contributed by atoms with van der Waals surface area (Å²) in [4.78, 5) is 14.6. The maximum Gasteiger partial charge on any atom is 0.423 e. The normalized spacial score (nSPS) is 21.7. The predicted molar refractivity (Wildman–Crippen MR) is 136 cm³/mol. The molecule has 0 radical (unpaired) electrons. The molecule has 0 aliphatic carbocycles. The van der Waals surface area contributed by atoms with Crippen molar-refractivity contribution in [2.75, 3.05) is 62.7 Å². The molecule has 2 aromatic heterocycles. The number of nitrogens with zero attached hydrogens (tertiary/aromatic N) is 5. The highest BCUT2D eigenvalue weighted by atomic mass is 32.2. The maximum atomic E-state index is 13.5. The van der Waals surface area contributed by atoms with E-state index in [1.54, 1.807) is 6.07 Å². The lowest BCUT2D eigenvalue weighted by Crippen LogP contribution is -2.44. The molecule has 5 rings (SSSR count). The van der Waals surface area contributed by atoms with Crippen LogP contribution >= 0.6 is 0 Å². The van der Waals surface area contributed by atoms with Crippen molar-refractivity contribution < 1.29 is 31.1 Å². The SMILES string of the molecule is Cc1cc(S(=O)(=O)N2CCC(Nc3ncc(C(F)(F)F)c(O[C@H]4CCOC4)n3)CC2)cnc1N1CCNCC1. The molecule has 0 unspecified atom stereocenters. The third-order valence-corrected chi connectivity index (χ3v) is 8.96. The van der Waals surface area contributed by atoms with Crippen molar-refractivity contribution in [2.45, 2.75) is 49.4 Å². The van der Waals surface area contributed by atoms with E-state index in [4.69, 9.17) is 9.47 Å². The van der Waals surface area contributed by atoms with E-state index in [9.17, 15) is 21.6 Å². The van der Waals surface area contributed by atoms with Crippen LogP contribution in [0, 0.1) is 6.92 Å². The highest BCUT2D eigenvalue weighted by Crippen LogP contribution is 2.36. The number of sulfonamides is 1. The van der Waals surface area contributed by atoms with Gasteiger partial charge >= 0.3 is 6.18 Å². The number of nitrogens with one attached hydrogen (secondary N) is 2. The van der Waals surface area contributed by atoms with Gasteiger partial charge in [0.05, 0.1) is 13.2 Å². The van der Waals surface area contributed by atoms with Gasteiger partial charge in [-0.25, -0.2) is 18.4 Å². The third-order valence-electron chi connectivity index (χ3n) is 7.09. The molecular formula is C24H32F3N7O4S. The first-order valence-corrected chi connectivity index (χ1v) is 14.4. The number of aromatic nitrogens is 3. The van der Waals surface area contributed by atoms with Gasteiger partial charge in [0.2, 0.25) is 21.9 Å². The van der Waals surface area contributed by atoms with Crippen LogP contribution in [0.1, 0.15) is 30.4 Å². The number of anilines is 2. The summed E-state index contributed by atoms with van der Waals surface area (Å²) < 4.78 is 79.1. The van der Waals surface area contributed by atoms with Crippen molar-refractivity contribution >= 4 is 21.8 Å². The minimum atomic E-state index is -4.66. The standard InChI is InChI=1S/C24H32F3N7O4S/c1-16-12-19(13-29-21(16)33-9-5-28-6-10-33)39(35,36)34-7-2-17(3-8-34)31-23-30-14-20(24(25,26)27)22(32-23)38-18-4-11-37-15-18/h12-14,17-18,28H,2-11,15H2,1H3,(H,30,31,32)/t18-/m0/s1. The van der Waals surface area contributed by atoms with Crippen molar-refractivity contribution in [3.63, 3.8) is 0 Å². The lowest BCUT2D eigenvalue weighted by atomic mass is 10.1. The largest absolute Gasteiger partial charge is 0.471 e. The Morgan fingerprint density at radius 1 is 1.10 bits per heavy atom. The Morgan fingerprint density at radius 3 is 2.49 bits per heavy atom. The molecule has 3 aliphatic heterocycles. The van der Waals surface area contributed by atoms with Gasteiger partial charge < -0.3 is 25.0 Å². The van der Waals surface area contributed by atoms with Gasteiger partial charge in [0.25, 0.3) is 0 Å². The number of pyridine rings is 1. The minimum Gasteiger partial charge on any atom is -0.471 e. The first-order valence-electron chi connectivity index (χ1n) is 13.0. The summed E-state index contributed by atoms with van der Waals surface area (Å²) in [7, 11) is -3.75. The van der Waals surface area contributed by atoms with Crippen molar-refractivity contribution in [2.24, 2.45) is 0 Å². The molecule has 1 atom stereocenters. The van der Waals surface area contributed by atoms with E-state index in [2.05, 4.69) is 30.5 Å². The highest BCUT2D eigenvalue weighted by molar-refractivity contribution is 7.89. The van der Waals surface area contributed by atoms with E-state index in [0.29, 0.717) is 32.1 Å². The van der Waals surface area contributed by atoms with Gasteiger partial charge in [0.15, 0.2) is 0 Å². The zero-order valence-corrected chi connectivity index (χ0v) is 22.4. The number of aryl methyl sites for hydroxylation is 1. The number of ether oxygens (including phenoxy) is 2. The van der Waals surface area contributed by atoms with Gasteiger partial charge in [0.1, 0.15) is 22.4 Å². The second-order valence-corrected chi connectivity index (χ2v) is 11.8. The topological polar surface area (TPSA) is 122 Å². The van der Waals surface area contributed by atoms with E-state index in [1.807, 2.05) is 6.92 Å². The molecule has 2 aromatic rings. The molecule has 3 fully saturated rings. The van der Waals surface area contributed by atoms with Crippen LogP contribution in [-0.4, -0.2) is 92.3 Å². The Hall–Kier alpha value is -2.75. The molecule has 0 saturated carbocycles. The van der Waals surface area contributed by atoms with E-state index in [1.165, 1.54) is 10.5 Å². The predicted octanol–water partition coefficient (Wildman–Crippen LogP) is 2.04. The molecule has 0 bridgehead atoms. The molecule has 3 aliphatic rings. The lowest BCUT2D eigenvalue weighted by molar-refractivity contribution is -0.139. The van der Waals surface area contributed by atoms with Crippen LogP contribution < -0.4 is 20.3 Å². The molecule has 2 N–H and O–H groups in total. The molecule has 39 heavy (non-hydrogen) atoms. The fraction of sp³-hybridized carbons (Fsp3) is 0.625. The van der Waals surface area contributed by atoms with Crippen LogP contribution in [0.25, 0.3) is 0 Å². The zero-order chi connectivity index (χ0) is 27.6. The fourth-order valence-electron chi connectivity index (χ4n) is 4.95. The summed E-state index contributed by atoms with van der Waals surface area (Å²) in [5.41, 5.74) is -0.246. The van der Waals surface area contributed by atoms with Crippen LogP contribution in [-0.2, 0) is 20.9 Å². The number of piperidine rings is 1. The minimum absolute atomic E-state index is 0.00143. The maximum absolute atomic E-state index is 13.5. The summed E-state index contributed by atoms with van der Waals surface area (Å²) in [6.45, 7) is 6.28. The number of hydrogen-bond donors (Lipinski definition) is 2. The van der Waals surface area contributed by atoms with E-state index in [0.717, 1.165) is 37.6 Å². The highest BCUT2D eigenvalue weighted by Gasteiger charge is 2.38. The van der Waals surface area contributed by atoms with Crippen LogP contribution in [0.3, 0.4) is 0 Å². The van der Waals surface area contributed by atoms with Gasteiger partial charge in [-0.15, -0.1) is 0 Å². The molecule has 3 saturated heterocycles. The van der Waals surface area contributed by atoms with Gasteiger partial charge in [-0.3, -0.25) is 0 Å². The summed E-state index contributed by atoms with van der Waals surface area (Å²) in [6, 6.07) is 1.45. The van der Waals surface area contributed by atoms with E-state index >= 15 is 0 Å². The Morgan fingerprint density at radius 2 is 1.85 bits per heavy atom. The molecule has 11 nitrogen and oxygen atoms in total. The molecule has 0 amide bonds. The van der Waals surface area contributed by atoms with Gasteiger partial charge in [-0.2, -0.15) is 22.5 Å². The average Bonchev–Trinajstić information content (AvgIpc) is 3.42. The smallest absolute Gasteiger partial charge is 0.423 e. The third kappa shape index (κ3) is 6.36. The number of halogens is 3. The summed E-state index contributed by atoms with van der Waals surface area (Å²) >= 11 is 0. The Balaban J connectivity index is 1.22. The van der Waals surface area contributed by atoms with Crippen molar-refractivity contribution in [1.29, 1.82) is 0 Å². The molecular weight excluding hydrogens is 539 g/mol. The monoisotopic (exact) mass is 571 g/mol. The number of rotatable bonds is 7. The quantitative estimate of drug-likeness (QED) is 0.511. The first-order chi connectivity index (χ1) is 18.6. The van der Waals surface area contributed by atoms with Crippen molar-refractivity contribution in [3.05, 3.63) is 29.6 Å². The Kier molecular flexibility index (Phi) is 8.12. The van der Waals surface area contributed by atoms with Crippen LogP contribution in [0.15, 0.2) is 23.4 Å². The van der Waals surface area contributed by atoms with Gasteiger partial charge in [0, 0.05) is 64.1 Å². The van der Waals surface area contributed by atoms with Crippen molar-refractivity contribution in [1.82, 2.24) is 24.6 Å². The molecule has 0 aromatic carbocycles. The first kappa shape index (κ1) is 27.8. The number of alkyl halides is 3. The molecule has 5 heterocycles. The molecule has 0 spiro atoms. The van der Waals surface area contributed by atoms with Crippen LogP contribution in [0.4, 0.5) is 24.9 Å². The second-order valence-electron chi connectivity index (χ2n) is 9.88. The number of piperazine rings is 1. The lowest BCUT2D eigenvalue weighted by Gasteiger charge is -2.32. The van der Waals surface area contributed by atoms with Gasteiger partial charge in [-0.05, 0) is 31.4 Å². The zero-order valence-electron chi connectivity index (χ0n) is 21.6. The van der Waals surface area contributed by atoms with Crippen molar-refractivity contribution in [3.8, 4) is 5.88 Å². The summed E-state index contributed by atoms with van der Waals surface area (Å²) in [5, 5.41) is 6.33. The fourth-order valence-corrected chi connectivity index (χ4v) is 6.45. The molecule has 214 valence electrons. The van der Waals surface area contributed by atoms with E-state index in [-0.39, 0.29) is 36.6 Å². The Bertz CT molecular complexity index is 1260. The van der Waals surface area contributed by atoms with E-state index < -0.39 is 33.7 Å². The average molecular weight is 572 g/mol. The summed E-state index contributed by atoms with van der Waals surface area (Å²) in [5.74, 6) is 0.253. The summed E-state index contributed by atoms with van der Waals surface area (Å²) in [6.07, 6.45) is -1.71. The van der Waals surface area contributed by atoms with Crippen LogP contribution in [0.5, 0.6) is 5.88 Å². The second kappa shape index (κ2) is 11.4. The molecule has 15 heteroatoms. The number of hydrogen-bond acceptors (Lipinski definition) is 10. The van der Waals surface area contributed by atoms with Crippen LogP contribution in [0.2, 0.25) is 0 Å². The van der Waals surface area contributed by atoms with Gasteiger partial charge in [-0.1, -0.05) is 0 Å². The Labute approximate surface area is 225 Å².